The molecular formula is C72H105N7. The lowest BCUT2D eigenvalue weighted by atomic mass is 10.0. The molecule has 7 nitrogen and oxygen atoms in total. The Balaban J connectivity index is 1.13. The van der Waals surface area contributed by atoms with Crippen LogP contribution < -0.4 is 34.3 Å². The molecule has 7 heteroatoms. The Morgan fingerprint density at radius 3 is 0.582 bits per heavy atom. The van der Waals surface area contributed by atoms with E-state index in [1.807, 2.05) is 0 Å². The summed E-state index contributed by atoms with van der Waals surface area (Å²) in [7, 11) is 0. The summed E-state index contributed by atoms with van der Waals surface area (Å²) in [6, 6.07) is 49.9. The van der Waals surface area contributed by atoms with E-state index in [1.165, 1.54) is 123 Å². The molecule has 0 aromatic heterocycles. The van der Waals surface area contributed by atoms with Gasteiger partial charge in [-0.15, -0.1) is 0 Å². The Morgan fingerprint density at radius 2 is 0.380 bits per heavy atom. The van der Waals surface area contributed by atoms with Crippen molar-refractivity contribution in [1.82, 2.24) is 0 Å². The maximum atomic E-state index is 2.52. The van der Waals surface area contributed by atoms with E-state index in [4.69, 9.17) is 0 Å². The second kappa shape index (κ2) is 32.9. The second-order valence-corrected chi connectivity index (χ2v) is 21.5. The first-order valence-electron chi connectivity index (χ1n) is 31.6. The van der Waals surface area contributed by atoms with Gasteiger partial charge in [0.2, 0.25) is 0 Å². The predicted octanol–water partition coefficient (Wildman–Crippen LogP) is 17.9. The zero-order valence-electron chi connectivity index (χ0n) is 51.7. The molecule has 0 atom stereocenters. The highest BCUT2D eigenvalue weighted by atomic mass is 15.2. The van der Waals surface area contributed by atoms with Crippen LogP contribution in [0.4, 0.5) is 51.2 Å². The first kappa shape index (κ1) is 62.1. The molecule has 0 unspecified atom stereocenters. The van der Waals surface area contributed by atoms with Crippen LogP contribution in [0.1, 0.15) is 155 Å². The smallest absolute Gasteiger partial charge is 0.0606 e. The fourth-order valence-electron chi connectivity index (χ4n) is 12.0. The summed E-state index contributed by atoms with van der Waals surface area (Å²) in [5.41, 5.74) is 20.4. The van der Waals surface area contributed by atoms with E-state index in [2.05, 4.69) is 245 Å². The van der Waals surface area contributed by atoms with Gasteiger partial charge in [-0.3, -0.25) is 0 Å². The SMILES string of the molecule is CCN(CC)c1ccc(CCCCc2ccc(N(c3ccc(CCCCc4ccc(N(CC)CC)c(N(CC)CC)c4)cc3)c3ccc(CCCCc4ccc(N(CC)CC)c(N(CC)CC)c4)cc3)cc2)cc1N(CC)CC. The number of rotatable bonds is 36. The lowest BCUT2D eigenvalue weighted by molar-refractivity contribution is 0.733. The van der Waals surface area contributed by atoms with Gasteiger partial charge in [0.25, 0.3) is 0 Å². The van der Waals surface area contributed by atoms with Gasteiger partial charge in [-0.25, -0.2) is 0 Å². The molecule has 0 saturated carbocycles. The van der Waals surface area contributed by atoms with E-state index in [1.54, 1.807) is 0 Å². The number of aryl methyl sites for hydroxylation is 6. The van der Waals surface area contributed by atoms with Crippen molar-refractivity contribution in [3.8, 4) is 0 Å². The zero-order valence-corrected chi connectivity index (χ0v) is 51.7. The van der Waals surface area contributed by atoms with E-state index in [0.717, 1.165) is 117 Å². The zero-order chi connectivity index (χ0) is 56.5. The number of hydrogen-bond donors (Lipinski definition) is 0. The molecule has 6 aromatic carbocycles. The van der Waals surface area contributed by atoms with Gasteiger partial charge in [-0.05, 0) is 266 Å². The molecule has 428 valence electrons. The molecule has 0 fully saturated rings. The standard InChI is InChI=1S/C72H105N7/c1-13-73(14-2)67-52-43-61(55-70(67)76(19-7)20-8)34-28-25-31-58-37-46-64(47-38-58)79(65-48-39-59(40-49-65)32-26-29-35-62-44-53-68(74(15-3)16-4)71(56-62)77(21-9)22-10)66-50-41-60(42-51-66)33-27-30-36-63-45-54-69(75(17-5)18-6)72(57-63)78(23-11)24-12/h37-57H,13-36H2,1-12H3. The van der Waals surface area contributed by atoms with Gasteiger partial charge in [0.05, 0.1) is 34.1 Å². The van der Waals surface area contributed by atoms with Gasteiger partial charge in [-0.2, -0.15) is 0 Å². The van der Waals surface area contributed by atoms with Crippen molar-refractivity contribution < 1.29 is 0 Å². The normalized spacial score (nSPS) is 11.2. The minimum atomic E-state index is 1.03. The van der Waals surface area contributed by atoms with Crippen LogP contribution in [0.5, 0.6) is 0 Å². The maximum absolute atomic E-state index is 2.52. The molecule has 6 rings (SSSR count). The van der Waals surface area contributed by atoms with Crippen LogP contribution in [0.25, 0.3) is 0 Å². The molecule has 0 spiro atoms. The van der Waals surface area contributed by atoms with Crippen molar-refractivity contribution in [3.63, 3.8) is 0 Å². The molecule has 0 heterocycles. The Kier molecular flexibility index (Phi) is 25.8. The number of nitrogens with zero attached hydrogens (tertiary/aromatic N) is 7. The van der Waals surface area contributed by atoms with E-state index in [9.17, 15) is 0 Å². The molecule has 79 heavy (non-hydrogen) atoms. The Morgan fingerprint density at radius 1 is 0.203 bits per heavy atom. The third kappa shape index (κ3) is 17.0. The van der Waals surface area contributed by atoms with Crippen LogP contribution in [-0.2, 0) is 38.5 Å². The lowest BCUT2D eigenvalue weighted by Crippen LogP contribution is -2.28. The van der Waals surface area contributed by atoms with Crippen molar-refractivity contribution >= 4 is 51.2 Å². The molecule has 0 amide bonds. The summed E-state index contributed by atoms with van der Waals surface area (Å²) in [5.74, 6) is 0. The Labute approximate surface area is 482 Å². The minimum absolute atomic E-state index is 1.03. The third-order valence-corrected chi connectivity index (χ3v) is 16.9. The van der Waals surface area contributed by atoms with Crippen LogP contribution in [0, 0.1) is 0 Å². The van der Waals surface area contributed by atoms with E-state index >= 15 is 0 Å². The number of benzene rings is 6. The highest BCUT2D eigenvalue weighted by Gasteiger charge is 2.18. The molecule has 0 aliphatic heterocycles. The summed E-state index contributed by atoms with van der Waals surface area (Å²) in [5, 5.41) is 0. The number of hydrogen-bond acceptors (Lipinski definition) is 7. The average Bonchev–Trinajstić information content (AvgIpc) is 3.52. The van der Waals surface area contributed by atoms with Gasteiger partial charge in [0.15, 0.2) is 0 Å². The van der Waals surface area contributed by atoms with Crippen LogP contribution in [0.3, 0.4) is 0 Å². The highest BCUT2D eigenvalue weighted by Crippen LogP contribution is 2.37. The first-order chi connectivity index (χ1) is 38.6. The van der Waals surface area contributed by atoms with Gasteiger partial charge >= 0.3 is 0 Å². The number of anilines is 9. The molecule has 0 aliphatic carbocycles. The molecular weight excluding hydrogens is 963 g/mol. The molecule has 0 bridgehead atoms. The average molecular weight is 1070 g/mol. The van der Waals surface area contributed by atoms with Crippen LogP contribution >= 0.6 is 0 Å². The van der Waals surface area contributed by atoms with Gasteiger partial charge in [-0.1, -0.05) is 54.6 Å². The summed E-state index contributed by atoms with van der Waals surface area (Å²) in [6.45, 7) is 39.6. The molecule has 0 radical (unpaired) electrons. The van der Waals surface area contributed by atoms with E-state index in [-0.39, 0.29) is 0 Å². The van der Waals surface area contributed by atoms with Crippen LogP contribution in [-0.4, -0.2) is 78.5 Å². The van der Waals surface area contributed by atoms with Crippen molar-refractivity contribution in [2.75, 3.05) is 113 Å². The quantitative estimate of drug-likeness (QED) is 0.0361. The molecule has 0 N–H and O–H groups in total. The van der Waals surface area contributed by atoms with Crippen molar-refractivity contribution in [2.24, 2.45) is 0 Å². The van der Waals surface area contributed by atoms with Gasteiger partial charge < -0.3 is 34.3 Å². The van der Waals surface area contributed by atoms with Crippen molar-refractivity contribution in [1.29, 1.82) is 0 Å². The third-order valence-electron chi connectivity index (χ3n) is 16.9. The maximum Gasteiger partial charge on any atom is 0.0606 e. The summed E-state index contributed by atoms with van der Waals surface area (Å²) in [6.07, 6.45) is 13.6. The van der Waals surface area contributed by atoms with Gasteiger partial charge in [0.1, 0.15) is 0 Å². The van der Waals surface area contributed by atoms with Crippen LogP contribution in [0.2, 0.25) is 0 Å². The van der Waals surface area contributed by atoms with Crippen LogP contribution in [0.15, 0.2) is 127 Å². The predicted molar refractivity (Wildman–Crippen MR) is 352 cm³/mol. The summed E-state index contributed by atoms with van der Waals surface area (Å²) in [4.78, 5) is 17.5. The van der Waals surface area contributed by atoms with Crippen molar-refractivity contribution in [2.45, 2.75) is 160 Å². The summed E-state index contributed by atoms with van der Waals surface area (Å²) >= 11 is 0. The fraction of sp³-hybridized carbons (Fsp3) is 0.500. The molecule has 6 aromatic rings. The Bertz CT molecular complexity index is 2340. The highest BCUT2D eigenvalue weighted by molar-refractivity contribution is 5.77. The monoisotopic (exact) mass is 1070 g/mol. The number of unbranched alkanes of at least 4 members (excludes halogenated alkanes) is 3. The van der Waals surface area contributed by atoms with E-state index in [0.29, 0.717) is 0 Å². The first-order valence-corrected chi connectivity index (χ1v) is 31.6. The molecule has 0 saturated heterocycles. The molecule has 0 aliphatic rings. The fourth-order valence-corrected chi connectivity index (χ4v) is 12.0. The van der Waals surface area contributed by atoms with E-state index < -0.39 is 0 Å². The van der Waals surface area contributed by atoms with Gasteiger partial charge in [0, 0.05) is 95.6 Å². The lowest BCUT2D eigenvalue weighted by Gasteiger charge is -2.30. The van der Waals surface area contributed by atoms with Crippen molar-refractivity contribution in [3.05, 3.63) is 161 Å². The Hall–Kier alpha value is -6.08. The second-order valence-electron chi connectivity index (χ2n) is 21.5. The largest absolute Gasteiger partial charge is 0.370 e. The summed E-state index contributed by atoms with van der Waals surface area (Å²) < 4.78 is 0. The topological polar surface area (TPSA) is 22.7 Å². The minimum Gasteiger partial charge on any atom is -0.370 e.